The van der Waals surface area contributed by atoms with Gasteiger partial charge in [-0.3, -0.25) is 33.6 Å². The van der Waals surface area contributed by atoms with Crippen molar-refractivity contribution in [2.24, 2.45) is 17.2 Å². The van der Waals surface area contributed by atoms with E-state index < -0.39 is 66.2 Å². The number of unbranched alkanes of at least 4 members (excludes halogenated alkanes) is 14. The summed E-state index contributed by atoms with van der Waals surface area (Å²) in [7, 11) is 0. The van der Waals surface area contributed by atoms with Crippen LogP contribution < -0.4 is 49.1 Å². The molecule has 5 atom stereocenters. The smallest absolute Gasteiger partial charge is 0.243 e. The average Bonchev–Trinajstić information content (AvgIpc) is 3.29. The van der Waals surface area contributed by atoms with Crippen LogP contribution in [0.5, 0.6) is 5.75 Å². The third-order valence-corrected chi connectivity index (χ3v) is 12.2. The molecule has 67 heavy (non-hydrogen) atoms. The van der Waals surface area contributed by atoms with Gasteiger partial charge in [-0.2, -0.15) is 11.8 Å². The van der Waals surface area contributed by atoms with Crippen LogP contribution in [0.3, 0.4) is 0 Å². The molecule has 1 rings (SSSR count). The number of phenols is 1. The first-order valence-electron chi connectivity index (χ1n) is 25.0. The molecule has 0 aliphatic rings. The molecule has 1 aromatic rings. The zero-order chi connectivity index (χ0) is 49.7. The van der Waals surface area contributed by atoms with E-state index in [0.717, 1.165) is 38.5 Å². The van der Waals surface area contributed by atoms with Crippen LogP contribution >= 0.6 is 11.8 Å². The molecule has 0 radical (unpaired) electrons. The predicted octanol–water partition coefficient (Wildman–Crippen LogP) is 4.25. The van der Waals surface area contributed by atoms with Gasteiger partial charge in [0.25, 0.3) is 0 Å². The van der Waals surface area contributed by atoms with Gasteiger partial charge in [0.05, 0.1) is 6.54 Å². The maximum absolute atomic E-state index is 14.0. The Labute approximate surface area is 404 Å². The molecular weight excluding hydrogens is 875 g/mol. The summed E-state index contributed by atoms with van der Waals surface area (Å²) >= 11 is 1.52. The Morgan fingerprint density at radius 2 is 1.04 bits per heavy atom. The molecule has 0 unspecified atom stereocenters. The first-order valence-corrected chi connectivity index (χ1v) is 26.4. The lowest BCUT2D eigenvalue weighted by Gasteiger charge is -2.26. The Kier molecular flexibility index (Phi) is 34.9. The minimum atomic E-state index is -1.33. The summed E-state index contributed by atoms with van der Waals surface area (Å²) in [6.07, 6.45) is 21.2. The van der Waals surface area contributed by atoms with Crippen molar-refractivity contribution < 1.29 is 38.7 Å². The highest BCUT2D eigenvalue weighted by molar-refractivity contribution is 7.98. The third kappa shape index (κ3) is 30.6. The van der Waals surface area contributed by atoms with Gasteiger partial charge in [0, 0.05) is 25.3 Å². The number of primary amides is 1. The highest BCUT2D eigenvalue weighted by Crippen LogP contribution is 2.15. The lowest BCUT2D eigenvalue weighted by atomic mass is 10.0. The predicted molar refractivity (Wildman–Crippen MR) is 268 cm³/mol. The van der Waals surface area contributed by atoms with E-state index in [1.807, 2.05) is 13.2 Å². The summed E-state index contributed by atoms with van der Waals surface area (Å²) in [6, 6.07) is 1.34. The van der Waals surface area contributed by atoms with Crippen molar-refractivity contribution in [3.63, 3.8) is 0 Å². The summed E-state index contributed by atoms with van der Waals surface area (Å²) in [6.45, 7) is 4.50. The molecule has 0 spiro atoms. The molecule has 0 aromatic heterocycles. The fourth-order valence-electron chi connectivity index (χ4n) is 7.56. The van der Waals surface area contributed by atoms with Crippen molar-refractivity contribution in [2.45, 2.75) is 198 Å². The van der Waals surface area contributed by atoms with Crippen LogP contribution in [0.15, 0.2) is 24.3 Å². The second kappa shape index (κ2) is 38.5. The number of benzene rings is 1. The maximum Gasteiger partial charge on any atom is 0.243 e. The number of thioether (sulfide) groups is 1. The van der Waals surface area contributed by atoms with Gasteiger partial charge in [0.1, 0.15) is 29.9 Å². The molecular formula is C49H87N9O8S. The Bertz CT molecular complexity index is 1570. The quantitative estimate of drug-likeness (QED) is 0.0414. The van der Waals surface area contributed by atoms with Gasteiger partial charge in [0.15, 0.2) is 0 Å². The Morgan fingerprint density at radius 3 is 1.60 bits per heavy atom. The van der Waals surface area contributed by atoms with E-state index in [-0.39, 0.29) is 43.4 Å². The van der Waals surface area contributed by atoms with E-state index in [9.17, 15) is 38.7 Å². The topological polar surface area (TPSA) is 290 Å². The van der Waals surface area contributed by atoms with Crippen LogP contribution in [0.1, 0.15) is 167 Å². The molecule has 0 aliphatic carbocycles. The van der Waals surface area contributed by atoms with Crippen molar-refractivity contribution in [1.82, 2.24) is 31.9 Å². The van der Waals surface area contributed by atoms with Crippen LogP contribution in [0.25, 0.3) is 0 Å². The first-order chi connectivity index (χ1) is 32.2. The number of rotatable bonds is 41. The molecule has 7 amide bonds. The number of hydrogen-bond acceptors (Lipinski definition) is 11. The molecule has 1 aromatic carbocycles. The molecule has 382 valence electrons. The summed E-state index contributed by atoms with van der Waals surface area (Å²) in [5.41, 5.74) is 17.3. The number of phenolic OH excluding ortho intramolecular Hbond substituents is 1. The van der Waals surface area contributed by atoms with Gasteiger partial charge in [0.2, 0.25) is 41.4 Å². The van der Waals surface area contributed by atoms with Gasteiger partial charge in [-0.25, -0.2) is 0 Å². The molecule has 18 heteroatoms. The second-order valence-electron chi connectivity index (χ2n) is 17.7. The van der Waals surface area contributed by atoms with Gasteiger partial charge in [-0.1, -0.05) is 103 Å². The largest absolute Gasteiger partial charge is 0.508 e. The fraction of sp³-hybridized carbons (Fsp3) is 0.735. The van der Waals surface area contributed by atoms with Crippen molar-refractivity contribution in [2.75, 3.05) is 31.6 Å². The minimum Gasteiger partial charge on any atom is -0.508 e. The molecule has 0 saturated heterocycles. The maximum atomic E-state index is 14.0. The lowest BCUT2D eigenvalue weighted by molar-refractivity contribution is -0.134. The van der Waals surface area contributed by atoms with E-state index in [1.165, 1.54) is 81.7 Å². The van der Waals surface area contributed by atoms with Crippen molar-refractivity contribution in [3.8, 4) is 5.75 Å². The third-order valence-electron chi connectivity index (χ3n) is 11.6. The fourth-order valence-corrected chi connectivity index (χ4v) is 8.03. The number of nitrogens with two attached hydrogens (primary N) is 3. The summed E-state index contributed by atoms with van der Waals surface area (Å²) in [4.78, 5) is 92.9. The highest BCUT2D eigenvalue weighted by Gasteiger charge is 2.31. The zero-order valence-electron chi connectivity index (χ0n) is 40.9. The minimum absolute atomic E-state index is 0.0119. The van der Waals surface area contributed by atoms with Crippen LogP contribution in [0.2, 0.25) is 0 Å². The molecule has 13 N–H and O–H groups in total. The second-order valence-corrected chi connectivity index (χ2v) is 18.7. The SMILES string of the molecule is CCCCCCCCCCCCCCCC(=O)N[C@@H](CCSC)C(=O)NCC(=O)N[C@@H](Cc1ccc(O)cc1)C(=O)N[C@@H](CCC(N)=O)C(=O)N[C@@H](CCCCN)C(=O)N[C@H](C)CCCCN. The number of carbonyl (C=O) groups excluding carboxylic acids is 7. The Hall–Kier alpha value is -4.42. The Morgan fingerprint density at radius 1 is 0.552 bits per heavy atom. The normalized spacial score (nSPS) is 13.3. The number of aromatic hydroxyl groups is 1. The average molecular weight is 962 g/mol. The number of nitrogens with one attached hydrogen (secondary N) is 6. The highest BCUT2D eigenvalue weighted by atomic mass is 32.2. The standard InChI is InChI=1S/C49H87N9O8S/c1-4-5-6-7-8-9-10-11-12-13-14-15-16-23-44(61)55-41(30-33-67-3)46(63)53-35-45(62)56-42(34-37-24-26-38(59)27-25-37)49(66)58-40(28-29-43(52)60)48(65)57-39(22-18-20-32-51)47(64)54-36(2)21-17-19-31-50/h24-27,36,39-42,59H,4-23,28-35,50-51H2,1-3H3,(H2,52,60)(H,53,63)(H,54,64)(H,55,61)(H,56,62)(H,57,65)(H,58,66)/t36-,39+,40+,41+,42+/m1/s1. The van der Waals surface area contributed by atoms with E-state index >= 15 is 0 Å². The van der Waals surface area contributed by atoms with Crippen molar-refractivity contribution in [3.05, 3.63) is 29.8 Å². The number of carbonyl (C=O) groups is 7. The summed E-state index contributed by atoms with van der Waals surface area (Å²) in [5, 5.41) is 26.3. The van der Waals surface area contributed by atoms with Crippen LogP contribution in [-0.4, -0.2) is 108 Å². The molecule has 0 heterocycles. The summed E-state index contributed by atoms with van der Waals surface area (Å²) < 4.78 is 0. The van der Waals surface area contributed by atoms with E-state index in [1.54, 1.807) is 12.1 Å². The van der Waals surface area contributed by atoms with Gasteiger partial charge in [-0.15, -0.1) is 0 Å². The monoisotopic (exact) mass is 962 g/mol. The molecule has 0 bridgehead atoms. The van der Waals surface area contributed by atoms with Crippen LogP contribution in [-0.2, 0) is 40.0 Å². The van der Waals surface area contributed by atoms with Gasteiger partial charge >= 0.3 is 0 Å². The van der Waals surface area contributed by atoms with Gasteiger partial charge in [-0.05, 0) is 101 Å². The number of hydrogen-bond donors (Lipinski definition) is 10. The molecule has 0 aliphatic heterocycles. The van der Waals surface area contributed by atoms with Crippen LogP contribution in [0, 0.1) is 0 Å². The van der Waals surface area contributed by atoms with E-state index in [2.05, 4.69) is 38.8 Å². The van der Waals surface area contributed by atoms with Crippen molar-refractivity contribution >= 4 is 53.1 Å². The molecule has 0 fully saturated rings. The Balaban J connectivity index is 2.98. The first kappa shape index (κ1) is 60.6. The van der Waals surface area contributed by atoms with Crippen LogP contribution in [0.4, 0.5) is 0 Å². The van der Waals surface area contributed by atoms with E-state index in [0.29, 0.717) is 56.5 Å². The summed E-state index contributed by atoms with van der Waals surface area (Å²) in [5.74, 6) is -3.55. The zero-order valence-corrected chi connectivity index (χ0v) is 41.8. The lowest BCUT2D eigenvalue weighted by Crippen LogP contribution is -2.58. The van der Waals surface area contributed by atoms with Crippen molar-refractivity contribution in [1.29, 1.82) is 0 Å². The molecule has 0 saturated carbocycles. The number of amides is 7. The molecule has 17 nitrogen and oxygen atoms in total. The van der Waals surface area contributed by atoms with E-state index in [4.69, 9.17) is 17.2 Å². The van der Waals surface area contributed by atoms with Gasteiger partial charge < -0.3 is 54.2 Å².